The number of carboxylic acids is 1. The van der Waals surface area contributed by atoms with Crippen molar-refractivity contribution in [2.24, 2.45) is 46.0 Å². The summed E-state index contributed by atoms with van der Waals surface area (Å²) < 4.78 is 5.82. The number of fused-ring (bicyclic) bond motifs is 5. The maximum absolute atomic E-state index is 12.6. The lowest BCUT2D eigenvalue weighted by Gasteiger charge is -2.68. The Labute approximate surface area is 226 Å². The molecule has 4 aliphatic carbocycles. The zero-order valence-electron chi connectivity index (χ0n) is 23.7. The number of nitrogens with two attached hydrogens (primary N) is 2. The van der Waals surface area contributed by atoms with E-state index in [0.29, 0.717) is 50.6 Å². The molecule has 0 heterocycles. The SMILES string of the molecule is CC(=O)O[C@H]1C[C@@]2(C)[C@@H](C[C@@H](O)[C@H]3[C@@]4(C)CC[C@@H](O)[C@@H](CN)[C@@H]4CC[C@@]32N)/C1=C(\CCC=C(C)C)C(=O)O. The van der Waals surface area contributed by atoms with Gasteiger partial charge >= 0.3 is 11.9 Å². The van der Waals surface area contributed by atoms with E-state index in [0.717, 1.165) is 18.4 Å². The van der Waals surface area contributed by atoms with Crippen LogP contribution in [0.4, 0.5) is 0 Å². The van der Waals surface area contributed by atoms with Crippen molar-refractivity contribution in [1.29, 1.82) is 0 Å². The number of hydrogen-bond donors (Lipinski definition) is 5. The van der Waals surface area contributed by atoms with E-state index in [1.54, 1.807) is 0 Å². The number of carbonyl (C=O) groups excluding carboxylic acids is 1. The summed E-state index contributed by atoms with van der Waals surface area (Å²) in [5, 5.41) is 32.9. The summed E-state index contributed by atoms with van der Waals surface area (Å²) in [6.45, 7) is 10.0. The van der Waals surface area contributed by atoms with Gasteiger partial charge in [-0.2, -0.15) is 0 Å². The Morgan fingerprint density at radius 3 is 2.37 bits per heavy atom. The van der Waals surface area contributed by atoms with Crippen LogP contribution < -0.4 is 11.5 Å². The Bertz CT molecular complexity index is 1020. The van der Waals surface area contributed by atoms with E-state index in [4.69, 9.17) is 16.2 Å². The molecule has 0 bridgehead atoms. The van der Waals surface area contributed by atoms with Crippen molar-refractivity contribution in [3.63, 3.8) is 0 Å². The number of carboxylic acid groups (broad SMARTS) is 1. The van der Waals surface area contributed by atoms with Gasteiger partial charge in [0.2, 0.25) is 0 Å². The molecular formula is C30H48N2O6. The molecule has 0 radical (unpaired) electrons. The quantitative estimate of drug-likeness (QED) is 0.198. The number of allylic oxidation sites excluding steroid dienone is 2. The molecule has 0 amide bonds. The number of aliphatic hydroxyl groups is 2. The third-order valence-electron chi connectivity index (χ3n) is 11.1. The molecule has 0 aromatic carbocycles. The van der Waals surface area contributed by atoms with Gasteiger partial charge in [-0.25, -0.2) is 4.79 Å². The van der Waals surface area contributed by atoms with Gasteiger partial charge in [-0.3, -0.25) is 4.79 Å². The van der Waals surface area contributed by atoms with E-state index in [2.05, 4.69) is 13.8 Å². The molecule has 10 atom stereocenters. The first-order valence-corrected chi connectivity index (χ1v) is 14.3. The normalized spacial score (nSPS) is 45.3. The van der Waals surface area contributed by atoms with Gasteiger partial charge in [0.1, 0.15) is 6.10 Å². The summed E-state index contributed by atoms with van der Waals surface area (Å²) in [5.41, 5.74) is 14.0. The number of carbonyl (C=O) groups is 2. The lowest BCUT2D eigenvalue weighted by atomic mass is 9.39. The number of esters is 1. The molecule has 214 valence electrons. The monoisotopic (exact) mass is 532 g/mol. The largest absolute Gasteiger partial charge is 0.478 e. The zero-order chi connectivity index (χ0) is 28.2. The number of ether oxygens (including phenoxy) is 1. The smallest absolute Gasteiger partial charge is 0.331 e. The Morgan fingerprint density at radius 2 is 1.79 bits per heavy atom. The zero-order valence-corrected chi connectivity index (χ0v) is 23.7. The average Bonchev–Trinajstić information content (AvgIpc) is 3.08. The standard InChI is InChI=1S/C30H48N2O6/c1-16(2)7-6-8-18(27(36)37)25-21-13-23(35)26-28(4)11-10-22(34)19(15-31)20(28)9-12-30(26,32)29(21,5)14-24(25)38-17(3)33/h7,19-24,26,34-35H,6,8-15,31-32H2,1-5H3,(H,36,37)/b25-18-/t19-,20-,21-,22+,23+,24-,26-,28-,29-,30+/m0/s1. The van der Waals surface area contributed by atoms with Gasteiger partial charge in [-0.15, -0.1) is 0 Å². The first kappa shape index (κ1) is 29.2. The Hall–Kier alpha value is -1.74. The lowest BCUT2D eigenvalue weighted by molar-refractivity contribution is -0.202. The number of aliphatic hydroxyl groups excluding tert-OH is 2. The molecule has 7 N–H and O–H groups in total. The van der Waals surface area contributed by atoms with E-state index in [-0.39, 0.29) is 34.7 Å². The van der Waals surface area contributed by atoms with Crippen LogP contribution in [-0.2, 0) is 14.3 Å². The van der Waals surface area contributed by atoms with Crippen LogP contribution in [0.2, 0.25) is 0 Å². The predicted molar refractivity (Wildman–Crippen MR) is 145 cm³/mol. The fraction of sp³-hybridized carbons (Fsp3) is 0.800. The number of hydrogen-bond acceptors (Lipinski definition) is 7. The number of aliphatic carboxylic acids is 1. The summed E-state index contributed by atoms with van der Waals surface area (Å²) in [7, 11) is 0. The highest BCUT2D eigenvalue weighted by Gasteiger charge is 2.71. The van der Waals surface area contributed by atoms with Crippen LogP contribution >= 0.6 is 0 Å². The van der Waals surface area contributed by atoms with Gasteiger partial charge in [0, 0.05) is 29.9 Å². The molecule has 4 fully saturated rings. The number of rotatable bonds is 6. The molecule has 4 saturated carbocycles. The molecule has 0 aliphatic heterocycles. The van der Waals surface area contributed by atoms with Crippen LogP contribution in [0.3, 0.4) is 0 Å². The first-order chi connectivity index (χ1) is 17.7. The van der Waals surface area contributed by atoms with Gasteiger partial charge < -0.3 is 31.5 Å². The minimum Gasteiger partial charge on any atom is -0.478 e. The molecular weight excluding hydrogens is 484 g/mol. The van der Waals surface area contributed by atoms with Gasteiger partial charge in [0.25, 0.3) is 0 Å². The second-order valence-electron chi connectivity index (χ2n) is 13.3. The fourth-order valence-electron chi connectivity index (χ4n) is 9.50. The lowest BCUT2D eigenvalue weighted by Crippen LogP contribution is -2.74. The molecule has 0 aromatic heterocycles. The highest BCUT2D eigenvalue weighted by molar-refractivity contribution is 5.88. The van der Waals surface area contributed by atoms with Crippen molar-refractivity contribution in [3.05, 3.63) is 22.8 Å². The van der Waals surface area contributed by atoms with Crippen LogP contribution in [0.5, 0.6) is 0 Å². The van der Waals surface area contributed by atoms with E-state index < -0.39 is 41.2 Å². The third kappa shape index (κ3) is 4.45. The fourth-order valence-corrected chi connectivity index (χ4v) is 9.50. The third-order valence-corrected chi connectivity index (χ3v) is 11.1. The van der Waals surface area contributed by atoms with Crippen molar-refractivity contribution in [2.75, 3.05) is 6.54 Å². The van der Waals surface area contributed by atoms with Crippen LogP contribution in [0.1, 0.15) is 86.0 Å². The second kappa shape index (κ2) is 10.3. The Morgan fingerprint density at radius 1 is 1.11 bits per heavy atom. The highest BCUT2D eigenvalue weighted by atomic mass is 16.5. The van der Waals surface area contributed by atoms with Crippen LogP contribution in [0.15, 0.2) is 22.8 Å². The van der Waals surface area contributed by atoms with E-state index in [1.165, 1.54) is 6.92 Å². The minimum atomic E-state index is -1.01. The van der Waals surface area contributed by atoms with Gasteiger partial charge in [-0.1, -0.05) is 25.5 Å². The van der Waals surface area contributed by atoms with Gasteiger partial charge in [-0.05, 0) is 100.0 Å². The molecule has 0 spiro atoms. The molecule has 8 heteroatoms. The molecule has 38 heavy (non-hydrogen) atoms. The van der Waals surface area contributed by atoms with Crippen molar-refractivity contribution in [2.45, 2.75) is 110 Å². The summed E-state index contributed by atoms with van der Waals surface area (Å²) in [6, 6.07) is 0. The van der Waals surface area contributed by atoms with Crippen LogP contribution in [0, 0.1) is 34.5 Å². The summed E-state index contributed by atoms with van der Waals surface area (Å²) in [5.74, 6) is -1.86. The average molecular weight is 533 g/mol. The van der Waals surface area contributed by atoms with E-state index in [1.807, 2.05) is 19.9 Å². The van der Waals surface area contributed by atoms with Gasteiger partial charge in [0.15, 0.2) is 0 Å². The molecule has 0 saturated heterocycles. The summed E-state index contributed by atoms with van der Waals surface area (Å²) in [6.07, 6.45) is 4.70. The predicted octanol–water partition coefficient (Wildman–Crippen LogP) is 3.30. The van der Waals surface area contributed by atoms with Crippen molar-refractivity contribution >= 4 is 11.9 Å². The second-order valence-corrected chi connectivity index (χ2v) is 13.3. The van der Waals surface area contributed by atoms with E-state index >= 15 is 0 Å². The Kier molecular flexibility index (Phi) is 7.96. The van der Waals surface area contributed by atoms with Gasteiger partial charge in [0.05, 0.1) is 12.2 Å². The molecule has 4 rings (SSSR count). The van der Waals surface area contributed by atoms with Crippen molar-refractivity contribution in [3.8, 4) is 0 Å². The first-order valence-electron chi connectivity index (χ1n) is 14.3. The summed E-state index contributed by atoms with van der Waals surface area (Å²) in [4.78, 5) is 24.8. The van der Waals surface area contributed by atoms with Crippen LogP contribution in [0.25, 0.3) is 0 Å². The van der Waals surface area contributed by atoms with E-state index in [9.17, 15) is 24.9 Å². The van der Waals surface area contributed by atoms with Crippen molar-refractivity contribution < 1.29 is 29.6 Å². The molecule has 8 nitrogen and oxygen atoms in total. The van der Waals surface area contributed by atoms with Crippen molar-refractivity contribution in [1.82, 2.24) is 0 Å². The summed E-state index contributed by atoms with van der Waals surface area (Å²) >= 11 is 0. The topological polar surface area (TPSA) is 156 Å². The molecule has 0 unspecified atom stereocenters. The maximum atomic E-state index is 12.6. The molecule has 0 aromatic rings. The Balaban J connectivity index is 1.82. The molecule has 4 aliphatic rings. The maximum Gasteiger partial charge on any atom is 0.331 e. The van der Waals surface area contributed by atoms with Crippen LogP contribution in [-0.4, -0.2) is 57.7 Å². The highest BCUT2D eigenvalue weighted by Crippen LogP contribution is 2.70. The minimum absolute atomic E-state index is 0.0300.